The van der Waals surface area contributed by atoms with Gasteiger partial charge in [-0.3, -0.25) is 0 Å². The zero-order chi connectivity index (χ0) is 30.7. The van der Waals surface area contributed by atoms with Crippen LogP contribution < -0.4 is 0 Å². The maximum absolute atomic E-state index is 13.3. The summed E-state index contributed by atoms with van der Waals surface area (Å²) in [7, 11) is 0. The quantitative estimate of drug-likeness (QED) is 0.227. The van der Waals surface area contributed by atoms with Crippen molar-refractivity contribution in [2.45, 2.75) is 141 Å². The van der Waals surface area contributed by atoms with Crippen LogP contribution in [0.2, 0.25) is 0 Å². The summed E-state index contributed by atoms with van der Waals surface area (Å²) in [6.07, 6.45) is 20.5. The minimum absolute atomic E-state index is 0.109. The van der Waals surface area contributed by atoms with Gasteiger partial charge < -0.3 is 9.47 Å². The van der Waals surface area contributed by atoms with E-state index in [-0.39, 0.29) is 24.5 Å². The Hall–Kier alpha value is -2.62. The molecule has 0 aliphatic heterocycles. The Kier molecular flexibility index (Phi) is 12.4. The second-order valence-electron chi connectivity index (χ2n) is 14.2. The molecule has 1 atom stereocenters. The second kappa shape index (κ2) is 16.6. The Labute approximate surface area is 266 Å². The van der Waals surface area contributed by atoms with Crippen LogP contribution in [0.1, 0.15) is 167 Å². The summed E-state index contributed by atoms with van der Waals surface area (Å²) in [6, 6.07) is 16.1. The van der Waals surface area contributed by atoms with Crippen molar-refractivity contribution >= 4 is 11.9 Å². The van der Waals surface area contributed by atoms with Crippen LogP contribution in [0.4, 0.5) is 0 Å². The number of carbonyl (C=O) groups is 2. The third kappa shape index (κ3) is 8.98. The molecule has 240 valence electrons. The molecule has 3 aliphatic rings. The number of benzene rings is 2. The van der Waals surface area contributed by atoms with Gasteiger partial charge in [0, 0.05) is 0 Å². The predicted molar refractivity (Wildman–Crippen MR) is 178 cm³/mol. The van der Waals surface area contributed by atoms with E-state index >= 15 is 0 Å². The van der Waals surface area contributed by atoms with E-state index in [4.69, 9.17) is 9.47 Å². The second-order valence-corrected chi connectivity index (χ2v) is 14.2. The van der Waals surface area contributed by atoms with Crippen molar-refractivity contribution in [3.8, 4) is 0 Å². The van der Waals surface area contributed by atoms with E-state index in [2.05, 4.69) is 38.1 Å². The van der Waals surface area contributed by atoms with Gasteiger partial charge in [0.25, 0.3) is 0 Å². The lowest BCUT2D eigenvalue weighted by molar-refractivity contribution is -0.0247. The number of hydrogen-bond donors (Lipinski definition) is 0. The van der Waals surface area contributed by atoms with E-state index in [1.807, 2.05) is 24.3 Å². The first-order valence-corrected chi connectivity index (χ1v) is 18.1. The smallest absolute Gasteiger partial charge is 0.338 e. The van der Waals surface area contributed by atoms with Crippen LogP contribution >= 0.6 is 0 Å². The molecule has 0 spiro atoms. The summed E-state index contributed by atoms with van der Waals surface area (Å²) in [5, 5.41) is 0. The molecule has 0 aromatic heterocycles. The molecule has 0 radical (unpaired) electrons. The molecule has 2 aromatic carbocycles. The number of esters is 2. The molecule has 0 N–H and O–H groups in total. The van der Waals surface area contributed by atoms with Gasteiger partial charge in [-0.1, -0.05) is 83.1 Å². The van der Waals surface area contributed by atoms with Crippen molar-refractivity contribution in [2.75, 3.05) is 6.61 Å². The number of rotatable bonds is 12. The largest absolute Gasteiger partial charge is 0.458 e. The van der Waals surface area contributed by atoms with Crippen LogP contribution in [0.15, 0.2) is 48.5 Å². The Morgan fingerprint density at radius 1 is 0.614 bits per heavy atom. The molecule has 44 heavy (non-hydrogen) atoms. The molecule has 5 rings (SSSR count). The maximum atomic E-state index is 13.3. The van der Waals surface area contributed by atoms with E-state index in [1.165, 1.54) is 94.6 Å². The highest BCUT2D eigenvalue weighted by Crippen LogP contribution is 2.39. The van der Waals surface area contributed by atoms with Crippen molar-refractivity contribution in [1.29, 1.82) is 0 Å². The molecule has 3 fully saturated rings. The summed E-state index contributed by atoms with van der Waals surface area (Å²) in [5.74, 6) is 2.54. The molecule has 1 unspecified atom stereocenters. The summed E-state index contributed by atoms with van der Waals surface area (Å²) in [6.45, 7) is 4.67. The molecule has 2 aromatic rings. The van der Waals surface area contributed by atoms with Crippen molar-refractivity contribution in [1.82, 2.24) is 0 Å². The molecule has 4 nitrogen and oxygen atoms in total. The Morgan fingerprint density at radius 3 is 1.52 bits per heavy atom. The fourth-order valence-electron chi connectivity index (χ4n) is 8.39. The van der Waals surface area contributed by atoms with Gasteiger partial charge in [0.05, 0.1) is 11.1 Å². The Morgan fingerprint density at radius 2 is 1.07 bits per heavy atom. The van der Waals surface area contributed by atoms with E-state index in [0.717, 1.165) is 37.5 Å². The highest BCUT2D eigenvalue weighted by atomic mass is 16.6. The summed E-state index contributed by atoms with van der Waals surface area (Å²) >= 11 is 0. The molecule has 0 bridgehead atoms. The third-order valence-electron chi connectivity index (χ3n) is 11.1. The van der Waals surface area contributed by atoms with E-state index in [0.29, 0.717) is 23.0 Å². The molecule has 0 saturated heterocycles. The van der Waals surface area contributed by atoms with Crippen LogP contribution in [0.25, 0.3) is 0 Å². The van der Waals surface area contributed by atoms with Crippen molar-refractivity contribution in [3.63, 3.8) is 0 Å². The zero-order valence-corrected chi connectivity index (χ0v) is 27.4. The van der Waals surface area contributed by atoms with Gasteiger partial charge in [0.15, 0.2) is 0 Å². The van der Waals surface area contributed by atoms with Gasteiger partial charge in [-0.25, -0.2) is 9.59 Å². The van der Waals surface area contributed by atoms with Gasteiger partial charge in [0.2, 0.25) is 0 Å². The lowest BCUT2D eigenvalue weighted by Crippen LogP contribution is -2.33. The fraction of sp³-hybridized carbons (Fsp3) is 0.650. The normalized spacial score (nSPS) is 25.2. The van der Waals surface area contributed by atoms with Crippen molar-refractivity contribution in [3.05, 3.63) is 70.8 Å². The predicted octanol–water partition coefficient (Wildman–Crippen LogP) is 10.8. The molecule has 4 heteroatoms. The molecule has 3 saturated carbocycles. The molecule has 3 aliphatic carbocycles. The minimum atomic E-state index is -0.419. The molecular weight excluding hydrogens is 544 g/mol. The average molecular weight is 601 g/mol. The third-order valence-corrected chi connectivity index (χ3v) is 11.1. The summed E-state index contributed by atoms with van der Waals surface area (Å²) < 4.78 is 11.9. The zero-order valence-electron chi connectivity index (χ0n) is 27.4. The number of ether oxygens (including phenoxy) is 2. The first kappa shape index (κ1) is 32.8. The van der Waals surface area contributed by atoms with Crippen molar-refractivity contribution in [2.24, 2.45) is 17.8 Å². The van der Waals surface area contributed by atoms with Gasteiger partial charge in [-0.05, 0) is 129 Å². The topological polar surface area (TPSA) is 52.6 Å². The molecule has 0 amide bonds. The van der Waals surface area contributed by atoms with Crippen LogP contribution in [-0.4, -0.2) is 24.6 Å². The van der Waals surface area contributed by atoms with Gasteiger partial charge >= 0.3 is 11.9 Å². The number of hydrogen-bond acceptors (Lipinski definition) is 4. The Balaban J connectivity index is 1.15. The molecule has 0 heterocycles. The monoisotopic (exact) mass is 600 g/mol. The van der Waals surface area contributed by atoms with Crippen molar-refractivity contribution < 1.29 is 19.1 Å². The highest BCUT2D eigenvalue weighted by Gasteiger charge is 2.30. The SMILES string of the molecule is CCCC1CCC(c2ccc(C(=O)OCC(OC(=O)c3ccc(C4CCC(CCC)CC4)cc3)C3CCCCC3)cc2)CC1. The minimum Gasteiger partial charge on any atom is -0.458 e. The standard InChI is InChI=1S/C40H56O4/c1-3-8-29-12-16-31(17-13-29)33-20-24-36(25-21-33)39(41)43-28-38(35-10-6-5-7-11-35)44-40(42)37-26-22-34(23-27-37)32-18-14-30(9-4-2)15-19-32/h20-27,29-32,35,38H,3-19,28H2,1-2H3. The average Bonchev–Trinajstić information content (AvgIpc) is 3.08. The van der Waals surface area contributed by atoms with Gasteiger partial charge in [-0.2, -0.15) is 0 Å². The summed E-state index contributed by atoms with van der Waals surface area (Å²) in [5.41, 5.74) is 3.83. The van der Waals surface area contributed by atoms with Gasteiger partial charge in [0.1, 0.15) is 12.7 Å². The molecular formula is C40H56O4. The van der Waals surface area contributed by atoms with Crippen LogP contribution in [0.3, 0.4) is 0 Å². The summed E-state index contributed by atoms with van der Waals surface area (Å²) in [4.78, 5) is 26.4. The van der Waals surface area contributed by atoms with Crippen LogP contribution in [0, 0.1) is 17.8 Å². The lowest BCUT2D eigenvalue weighted by atomic mass is 9.77. The fourth-order valence-corrected chi connectivity index (χ4v) is 8.39. The van der Waals surface area contributed by atoms with Crippen LogP contribution in [-0.2, 0) is 9.47 Å². The lowest BCUT2D eigenvalue weighted by Gasteiger charge is -2.30. The van der Waals surface area contributed by atoms with E-state index in [1.54, 1.807) is 0 Å². The van der Waals surface area contributed by atoms with Gasteiger partial charge in [-0.15, -0.1) is 0 Å². The first-order chi connectivity index (χ1) is 21.5. The Bertz CT molecular complexity index is 1150. The highest BCUT2D eigenvalue weighted by molar-refractivity contribution is 5.90. The number of carbonyl (C=O) groups excluding carboxylic acids is 2. The maximum Gasteiger partial charge on any atom is 0.338 e. The van der Waals surface area contributed by atoms with E-state index < -0.39 is 6.10 Å². The van der Waals surface area contributed by atoms with E-state index in [9.17, 15) is 9.59 Å². The first-order valence-electron chi connectivity index (χ1n) is 18.1. The van der Waals surface area contributed by atoms with Crippen LogP contribution in [0.5, 0.6) is 0 Å².